The van der Waals surface area contributed by atoms with Gasteiger partial charge in [-0.25, -0.2) is 14.5 Å². The van der Waals surface area contributed by atoms with Gasteiger partial charge in [0.15, 0.2) is 0 Å². The number of rotatable bonds is 1. The standard InChI is InChI=1S/C13H16F3N3O4/c1-12(2,3)23-11(22)17-4-5-18-8(6-17)9(20)19(10(18)21)7-13(14,15)16/h6H,4-5,7H2,1-3H3. The number of imide groups is 1. The van der Waals surface area contributed by atoms with E-state index in [4.69, 9.17) is 4.74 Å². The number of alkyl halides is 3. The lowest BCUT2D eigenvalue weighted by Crippen LogP contribution is -2.44. The number of nitrogens with zero attached hydrogens (tertiary/aromatic N) is 3. The van der Waals surface area contributed by atoms with Crippen LogP contribution in [0.2, 0.25) is 0 Å². The SMILES string of the molecule is CC(C)(C)OC(=O)N1C=C2C(=O)N(CC(F)(F)F)C(=O)N2CC1. The summed E-state index contributed by atoms with van der Waals surface area (Å²) in [7, 11) is 0. The van der Waals surface area contributed by atoms with Gasteiger partial charge in [-0.15, -0.1) is 0 Å². The second kappa shape index (κ2) is 5.43. The normalized spacial score (nSPS) is 19.0. The molecule has 0 unspecified atom stereocenters. The molecule has 0 aromatic carbocycles. The highest BCUT2D eigenvalue weighted by atomic mass is 19.4. The van der Waals surface area contributed by atoms with Crippen LogP contribution in [0.25, 0.3) is 0 Å². The van der Waals surface area contributed by atoms with E-state index < -0.39 is 36.4 Å². The lowest BCUT2D eigenvalue weighted by molar-refractivity contribution is -0.151. The Bertz CT molecular complexity index is 580. The van der Waals surface area contributed by atoms with Crippen molar-refractivity contribution in [1.29, 1.82) is 0 Å². The summed E-state index contributed by atoms with van der Waals surface area (Å²) in [5.41, 5.74) is -1.03. The van der Waals surface area contributed by atoms with Crippen molar-refractivity contribution in [2.24, 2.45) is 0 Å². The maximum Gasteiger partial charge on any atom is 0.414 e. The van der Waals surface area contributed by atoms with Gasteiger partial charge in [-0.1, -0.05) is 0 Å². The number of amides is 4. The number of carbonyl (C=O) groups is 3. The van der Waals surface area contributed by atoms with Gasteiger partial charge in [0.1, 0.15) is 17.8 Å². The Morgan fingerprint density at radius 1 is 1.22 bits per heavy atom. The van der Waals surface area contributed by atoms with Crippen LogP contribution in [0.4, 0.5) is 22.8 Å². The summed E-state index contributed by atoms with van der Waals surface area (Å²) in [6.07, 6.45) is -4.38. The van der Waals surface area contributed by atoms with Gasteiger partial charge in [-0.2, -0.15) is 13.2 Å². The van der Waals surface area contributed by atoms with E-state index in [1.165, 1.54) is 0 Å². The number of urea groups is 1. The first-order valence-corrected chi connectivity index (χ1v) is 6.80. The molecule has 10 heteroatoms. The number of fused-ring (bicyclic) bond motifs is 1. The molecule has 0 saturated carbocycles. The van der Waals surface area contributed by atoms with E-state index in [1.807, 2.05) is 0 Å². The van der Waals surface area contributed by atoms with Crippen LogP contribution in [-0.2, 0) is 9.53 Å². The summed E-state index contributed by atoms with van der Waals surface area (Å²) in [4.78, 5) is 37.9. The molecule has 4 amide bonds. The highest BCUT2D eigenvalue weighted by Crippen LogP contribution is 2.28. The molecule has 128 valence electrons. The lowest BCUT2D eigenvalue weighted by Gasteiger charge is -2.30. The average molecular weight is 335 g/mol. The number of carbonyl (C=O) groups excluding carboxylic acids is 3. The van der Waals surface area contributed by atoms with Crippen molar-refractivity contribution in [3.05, 3.63) is 11.9 Å². The summed E-state index contributed by atoms with van der Waals surface area (Å²) in [6, 6.07) is -1.04. The van der Waals surface area contributed by atoms with E-state index in [9.17, 15) is 27.6 Å². The van der Waals surface area contributed by atoms with Crippen molar-refractivity contribution >= 4 is 18.0 Å². The first-order chi connectivity index (χ1) is 10.4. The topological polar surface area (TPSA) is 70.2 Å². The Labute approximate surface area is 130 Å². The Balaban J connectivity index is 2.20. The zero-order chi connectivity index (χ0) is 17.6. The molecule has 0 bridgehead atoms. The van der Waals surface area contributed by atoms with Gasteiger partial charge in [-0.3, -0.25) is 14.6 Å². The van der Waals surface area contributed by atoms with Gasteiger partial charge >= 0.3 is 18.3 Å². The molecule has 23 heavy (non-hydrogen) atoms. The fourth-order valence-electron chi connectivity index (χ4n) is 2.13. The Hall–Kier alpha value is -2.26. The molecule has 0 atom stereocenters. The van der Waals surface area contributed by atoms with Gasteiger partial charge in [-0.05, 0) is 20.8 Å². The number of halogens is 3. The van der Waals surface area contributed by atoms with Crippen molar-refractivity contribution in [3.63, 3.8) is 0 Å². The molecule has 1 saturated heterocycles. The second-order valence-corrected chi connectivity index (χ2v) is 6.13. The zero-order valence-corrected chi connectivity index (χ0v) is 12.8. The average Bonchev–Trinajstić information content (AvgIpc) is 2.60. The van der Waals surface area contributed by atoms with Crippen LogP contribution in [-0.4, -0.2) is 64.1 Å². The van der Waals surface area contributed by atoms with Crippen LogP contribution in [0, 0.1) is 0 Å². The molecule has 0 aromatic rings. The third kappa shape index (κ3) is 3.74. The molecule has 0 radical (unpaired) electrons. The Morgan fingerprint density at radius 2 is 1.83 bits per heavy atom. The Kier molecular flexibility index (Phi) is 4.03. The highest BCUT2D eigenvalue weighted by Gasteiger charge is 2.48. The van der Waals surface area contributed by atoms with E-state index in [0.29, 0.717) is 0 Å². The maximum absolute atomic E-state index is 12.5. The monoisotopic (exact) mass is 335 g/mol. The van der Waals surface area contributed by atoms with Gasteiger partial charge in [0, 0.05) is 19.3 Å². The van der Waals surface area contributed by atoms with Crippen molar-refractivity contribution in [3.8, 4) is 0 Å². The van der Waals surface area contributed by atoms with E-state index in [2.05, 4.69) is 0 Å². The number of hydrogen-bond donors (Lipinski definition) is 0. The van der Waals surface area contributed by atoms with Crippen molar-refractivity contribution in [2.45, 2.75) is 32.5 Å². The number of hydrogen-bond acceptors (Lipinski definition) is 4. The first kappa shape index (κ1) is 17.1. The third-order valence-corrected chi connectivity index (χ3v) is 3.02. The molecule has 0 aromatic heterocycles. The summed E-state index contributed by atoms with van der Waals surface area (Å²) in [6.45, 7) is 3.25. The summed E-state index contributed by atoms with van der Waals surface area (Å²) < 4.78 is 42.5. The van der Waals surface area contributed by atoms with Crippen LogP contribution in [0.15, 0.2) is 11.9 Å². The van der Waals surface area contributed by atoms with E-state index in [0.717, 1.165) is 16.0 Å². The first-order valence-electron chi connectivity index (χ1n) is 6.80. The van der Waals surface area contributed by atoms with Crippen molar-refractivity contribution in [1.82, 2.24) is 14.7 Å². The summed E-state index contributed by atoms with van der Waals surface area (Å²) >= 11 is 0. The minimum absolute atomic E-state index is 0.0251. The number of ether oxygens (including phenoxy) is 1. The van der Waals surface area contributed by atoms with Gasteiger partial charge < -0.3 is 4.74 Å². The molecule has 1 fully saturated rings. The highest BCUT2D eigenvalue weighted by molar-refractivity contribution is 6.12. The maximum atomic E-state index is 12.5. The van der Waals surface area contributed by atoms with E-state index >= 15 is 0 Å². The molecule has 2 aliphatic rings. The molecule has 0 spiro atoms. The van der Waals surface area contributed by atoms with Crippen LogP contribution in [0.1, 0.15) is 20.8 Å². The van der Waals surface area contributed by atoms with Crippen LogP contribution < -0.4 is 0 Å². The fraction of sp³-hybridized carbons (Fsp3) is 0.615. The van der Waals surface area contributed by atoms with Crippen LogP contribution in [0.3, 0.4) is 0 Å². The molecular formula is C13H16F3N3O4. The summed E-state index contributed by atoms with van der Waals surface area (Å²) in [5, 5.41) is 0. The summed E-state index contributed by atoms with van der Waals surface area (Å²) in [5.74, 6) is -1.08. The van der Waals surface area contributed by atoms with Crippen molar-refractivity contribution < 1.29 is 32.3 Å². The van der Waals surface area contributed by atoms with E-state index in [1.54, 1.807) is 20.8 Å². The third-order valence-electron chi connectivity index (χ3n) is 3.02. The van der Waals surface area contributed by atoms with Gasteiger partial charge in [0.05, 0.1) is 0 Å². The molecule has 2 rings (SSSR count). The molecule has 7 nitrogen and oxygen atoms in total. The molecular weight excluding hydrogens is 319 g/mol. The molecule has 0 aliphatic carbocycles. The van der Waals surface area contributed by atoms with E-state index in [-0.39, 0.29) is 23.7 Å². The van der Waals surface area contributed by atoms with Crippen LogP contribution >= 0.6 is 0 Å². The smallest absolute Gasteiger partial charge is 0.414 e. The molecule has 2 heterocycles. The second-order valence-electron chi connectivity index (χ2n) is 6.13. The van der Waals surface area contributed by atoms with Gasteiger partial charge in [0.2, 0.25) is 0 Å². The van der Waals surface area contributed by atoms with Crippen molar-refractivity contribution in [2.75, 3.05) is 19.6 Å². The minimum Gasteiger partial charge on any atom is -0.443 e. The Morgan fingerprint density at radius 3 is 2.35 bits per heavy atom. The quantitative estimate of drug-likeness (QED) is 0.686. The predicted octanol–water partition coefficient (Wildman–Crippen LogP) is 1.91. The molecule has 0 N–H and O–H groups in total. The predicted molar refractivity (Wildman–Crippen MR) is 70.9 cm³/mol. The van der Waals surface area contributed by atoms with Crippen LogP contribution in [0.5, 0.6) is 0 Å². The minimum atomic E-state index is -4.69. The largest absolute Gasteiger partial charge is 0.443 e. The van der Waals surface area contributed by atoms with Gasteiger partial charge in [0.25, 0.3) is 5.91 Å². The lowest BCUT2D eigenvalue weighted by atomic mass is 10.2. The fourth-order valence-corrected chi connectivity index (χ4v) is 2.13. The zero-order valence-electron chi connectivity index (χ0n) is 12.8. The molecule has 2 aliphatic heterocycles.